The Hall–Kier alpha value is -1.48. The third-order valence-electron chi connectivity index (χ3n) is 2.86. The van der Waals surface area contributed by atoms with E-state index >= 15 is 0 Å². The van der Waals surface area contributed by atoms with Crippen molar-refractivity contribution in [3.8, 4) is 12.3 Å². The zero-order valence-electron chi connectivity index (χ0n) is 10.8. The summed E-state index contributed by atoms with van der Waals surface area (Å²) in [5.74, 6) is 2.63. The first-order valence-electron chi connectivity index (χ1n) is 6.60. The molecule has 0 aliphatic heterocycles. The van der Waals surface area contributed by atoms with Crippen LogP contribution in [0.25, 0.3) is 6.08 Å². The summed E-state index contributed by atoms with van der Waals surface area (Å²) in [4.78, 5) is 0. The van der Waals surface area contributed by atoms with E-state index in [0.717, 1.165) is 5.56 Å². The van der Waals surface area contributed by atoms with Gasteiger partial charge in [0.05, 0.1) is 0 Å². The van der Waals surface area contributed by atoms with Crippen LogP contribution in [0.3, 0.4) is 0 Å². The minimum Gasteiger partial charge on any atom is -0.115 e. The minimum absolute atomic E-state index is 0.946. The van der Waals surface area contributed by atoms with Crippen LogP contribution in [0.2, 0.25) is 0 Å². The highest BCUT2D eigenvalue weighted by molar-refractivity contribution is 5.51. The molecule has 0 heterocycles. The SMILES string of the molecule is C#Cc1ccc(/C=C/CCCCCCC)cc1. The van der Waals surface area contributed by atoms with Crippen LogP contribution in [-0.2, 0) is 0 Å². The Kier molecular flexibility index (Phi) is 6.91. The molecule has 0 atom stereocenters. The number of benzene rings is 1. The van der Waals surface area contributed by atoms with Gasteiger partial charge in [0.25, 0.3) is 0 Å². The lowest BCUT2D eigenvalue weighted by Gasteiger charge is -1.97. The standard InChI is InChI=1S/C17H22/c1-3-5-6-7-8-9-10-11-17-14-12-16(4-2)13-15-17/h2,10-15H,3,5-9H2,1H3/b11-10+. The third-order valence-corrected chi connectivity index (χ3v) is 2.86. The van der Waals surface area contributed by atoms with Crippen LogP contribution in [0.5, 0.6) is 0 Å². The molecule has 0 aliphatic rings. The van der Waals surface area contributed by atoms with Crippen LogP contribution in [0.4, 0.5) is 0 Å². The second kappa shape index (κ2) is 8.65. The number of unbranched alkanes of at least 4 members (excludes halogenated alkanes) is 5. The highest BCUT2D eigenvalue weighted by Gasteiger charge is 1.89. The number of terminal acetylenes is 1. The van der Waals surface area contributed by atoms with Gasteiger partial charge in [0, 0.05) is 5.56 Å². The van der Waals surface area contributed by atoms with Crippen LogP contribution >= 0.6 is 0 Å². The van der Waals surface area contributed by atoms with Crippen molar-refractivity contribution in [1.82, 2.24) is 0 Å². The molecule has 17 heavy (non-hydrogen) atoms. The monoisotopic (exact) mass is 226 g/mol. The zero-order valence-corrected chi connectivity index (χ0v) is 10.8. The normalized spacial score (nSPS) is 10.6. The lowest BCUT2D eigenvalue weighted by atomic mass is 10.1. The molecule has 0 bridgehead atoms. The Balaban J connectivity index is 2.21. The lowest BCUT2D eigenvalue weighted by molar-refractivity contribution is 0.638. The number of rotatable bonds is 7. The molecule has 1 aromatic carbocycles. The van der Waals surface area contributed by atoms with E-state index in [2.05, 4.69) is 37.1 Å². The Bertz CT molecular complexity index is 362. The fraction of sp³-hybridized carbons (Fsp3) is 0.412. The topological polar surface area (TPSA) is 0 Å². The average Bonchev–Trinajstić information content (AvgIpc) is 2.38. The van der Waals surface area contributed by atoms with Gasteiger partial charge in [-0.3, -0.25) is 0 Å². The molecule has 0 amide bonds. The van der Waals surface area contributed by atoms with E-state index in [-0.39, 0.29) is 0 Å². The first kappa shape index (κ1) is 13.6. The van der Waals surface area contributed by atoms with Crippen molar-refractivity contribution >= 4 is 6.08 Å². The van der Waals surface area contributed by atoms with Crippen molar-refractivity contribution in [3.63, 3.8) is 0 Å². The van der Waals surface area contributed by atoms with Crippen LogP contribution in [0.15, 0.2) is 30.3 Å². The molecule has 0 heteroatoms. The van der Waals surface area contributed by atoms with Gasteiger partial charge in [-0.2, -0.15) is 0 Å². The maximum atomic E-state index is 5.31. The second-order valence-electron chi connectivity index (χ2n) is 4.37. The summed E-state index contributed by atoms with van der Waals surface area (Å²) >= 11 is 0. The molecule has 0 N–H and O–H groups in total. The smallest absolute Gasteiger partial charge is 0.0243 e. The lowest BCUT2D eigenvalue weighted by Crippen LogP contribution is -1.77. The molecule has 90 valence electrons. The van der Waals surface area contributed by atoms with Gasteiger partial charge in [0.15, 0.2) is 0 Å². The predicted octanol–water partition coefficient (Wildman–Crippen LogP) is 5.04. The van der Waals surface area contributed by atoms with Gasteiger partial charge in [-0.1, -0.05) is 62.8 Å². The molecule has 0 nitrogen and oxygen atoms in total. The molecule has 0 unspecified atom stereocenters. The van der Waals surface area contributed by atoms with Crippen LogP contribution in [-0.4, -0.2) is 0 Å². The van der Waals surface area contributed by atoms with Gasteiger partial charge in [0.2, 0.25) is 0 Å². The number of hydrogen-bond acceptors (Lipinski definition) is 0. The largest absolute Gasteiger partial charge is 0.115 e. The summed E-state index contributed by atoms with van der Waals surface area (Å²) in [6, 6.07) is 8.12. The fourth-order valence-electron chi connectivity index (χ4n) is 1.78. The van der Waals surface area contributed by atoms with Crippen molar-refractivity contribution in [2.24, 2.45) is 0 Å². The molecule has 0 aromatic heterocycles. The van der Waals surface area contributed by atoms with E-state index in [9.17, 15) is 0 Å². The van der Waals surface area contributed by atoms with Crippen LogP contribution < -0.4 is 0 Å². The molecular weight excluding hydrogens is 204 g/mol. The quantitative estimate of drug-likeness (QED) is 0.451. The molecule has 0 aliphatic carbocycles. The Morgan fingerprint density at radius 2 is 1.76 bits per heavy atom. The van der Waals surface area contributed by atoms with Crippen molar-refractivity contribution in [2.45, 2.75) is 45.4 Å². The summed E-state index contributed by atoms with van der Waals surface area (Å²) in [5, 5.41) is 0. The first-order valence-corrected chi connectivity index (χ1v) is 6.60. The summed E-state index contributed by atoms with van der Waals surface area (Å²) in [6.07, 6.45) is 17.7. The predicted molar refractivity (Wildman–Crippen MR) is 76.8 cm³/mol. The van der Waals surface area contributed by atoms with E-state index in [1.807, 2.05) is 12.1 Å². The molecule has 0 saturated carbocycles. The van der Waals surface area contributed by atoms with Gasteiger partial charge in [-0.15, -0.1) is 6.42 Å². The van der Waals surface area contributed by atoms with Crippen molar-refractivity contribution < 1.29 is 0 Å². The van der Waals surface area contributed by atoms with Gasteiger partial charge >= 0.3 is 0 Å². The first-order chi connectivity index (χ1) is 8.36. The van der Waals surface area contributed by atoms with Crippen LogP contribution in [0.1, 0.15) is 56.6 Å². The van der Waals surface area contributed by atoms with Crippen molar-refractivity contribution in [1.29, 1.82) is 0 Å². The summed E-state index contributed by atoms with van der Waals surface area (Å²) in [7, 11) is 0. The summed E-state index contributed by atoms with van der Waals surface area (Å²) in [6.45, 7) is 2.25. The average molecular weight is 226 g/mol. The number of hydrogen-bond donors (Lipinski definition) is 0. The van der Waals surface area contributed by atoms with Gasteiger partial charge in [-0.05, 0) is 30.5 Å². The van der Waals surface area contributed by atoms with E-state index in [1.165, 1.54) is 44.1 Å². The van der Waals surface area contributed by atoms with E-state index in [4.69, 9.17) is 6.42 Å². The molecule has 0 fully saturated rings. The van der Waals surface area contributed by atoms with E-state index < -0.39 is 0 Å². The Labute approximate surface area is 106 Å². The fourth-order valence-corrected chi connectivity index (χ4v) is 1.78. The van der Waals surface area contributed by atoms with Gasteiger partial charge in [-0.25, -0.2) is 0 Å². The van der Waals surface area contributed by atoms with Crippen molar-refractivity contribution in [2.75, 3.05) is 0 Å². The van der Waals surface area contributed by atoms with E-state index in [0.29, 0.717) is 0 Å². The van der Waals surface area contributed by atoms with Gasteiger partial charge in [0.1, 0.15) is 0 Å². The molecular formula is C17H22. The molecule has 1 rings (SSSR count). The van der Waals surface area contributed by atoms with Crippen molar-refractivity contribution in [3.05, 3.63) is 41.5 Å². The zero-order chi connectivity index (χ0) is 12.3. The van der Waals surface area contributed by atoms with Crippen LogP contribution in [0, 0.1) is 12.3 Å². The minimum atomic E-state index is 0.946. The highest BCUT2D eigenvalue weighted by Crippen LogP contribution is 2.09. The summed E-state index contributed by atoms with van der Waals surface area (Å²) < 4.78 is 0. The highest BCUT2D eigenvalue weighted by atomic mass is 13.9. The second-order valence-corrected chi connectivity index (χ2v) is 4.37. The molecule has 0 radical (unpaired) electrons. The maximum Gasteiger partial charge on any atom is 0.0243 e. The van der Waals surface area contributed by atoms with Gasteiger partial charge < -0.3 is 0 Å². The van der Waals surface area contributed by atoms with E-state index in [1.54, 1.807) is 0 Å². The maximum absolute atomic E-state index is 5.31. The molecule has 1 aromatic rings. The Morgan fingerprint density at radius 3 is 2.41 bits per heavy atom. The summed E-state index contributed by atoms with van der Waals surface area (Å²) in [5.41, 5.74) is 2.18. The number of allylic oxidation sites excluding steroid dienone is 1. The Morgan fingerprint density at radius 1 is 1.06 bits per heavy atom. The molecule has 0 saturated heterocycles. The molecule has 0 spiro atoms. The third kappa shape index (κ3) is 5.97.